The number of hydrogen-bond donors (Lipinski definition) is 1. The lowest BCUT2D eigenvalue weighted by Gasteiger charge is -2.24. The van der Waals surface area contributed by atoms with E-state index < -0.39 is 10.8 Å². The zero-order chi connectivity index (χ0) is 11.5. The SMILES string of the molecule is Cc1cnc(C(C)NC2CCS(=O)CC2)o1. The Morgan fingerprint density at radius 2 is 2.25 bits per heavy atom. The summed E-state index contributed by atoms with van der Waals surface area (Å²) in [7, 11) is -0.595. The third-order valence-corrected chi connectivity index (χ3v) is 4.27. The first-order chi connectivity index (χ1) is 7.65. The average molecular weight is 242 g/mol. The van der Waals surface area contributed by atoms with Crippen molar-refractivity contribution in [3.05, 3.63) is 17.8 Å². The van der Waals surface area contributed by atoms with Gasteiger partial charge in [0.1, 0.15) is 5.76 Å². The van der Waals surface area contributed by atoms with E-state index in [0.717, 1.165) is 36.0 Å². The summed E-state index contributed by atoms with van der Waals surface area (Å²) in [5, 5.41) is 3.48. The van der Waals surface area contributed by atoms with Crippen molar-refractivity contribution in [2.45, 2.75) is 38.8 Å². The van der Waals surface area contributed by atoms with Gasteiger partial charge in [0.25, 0.3) is 0 Å². The number of nitrogens with zero attached hydrogens (tertiary/aromatic N) is 1. The van der Waals surface area contributed by atoms with Gasteiger partial charge < -0.3 is 9.73 Å². The fraction of sp³-hybridized carbons (Fsp3) is 0.727. The predicted molar refractivity (Wildman–Crippen MR) is 63.7 cm³/mol. The minimum absolute atomic E-state index is 0.130. The maximum absolute atomic E-state index is 11.2. The second-order valence-electron chi connectivity index (χ2n) is 4.32. The van der Waals surface area contributed by atoms with E-state index >= 15 is 0 Å². The Morgan fingerprint density at radius 1 is 1.56 bits per heavy atom. The minimum Gasteiger partial charge on any atom is -0.444 e. The van der Waals surface area contributed by atoms with Crippen LogP contribution in [-0.4, -0.2) is 26.7 Å². The molecule has 0 radical (unpaired) electrons. The Hall–Kier alpha value is -0.680. The van der Waals surface area contributed by atoms with Crippen LogP contribution in [0.4, 0.5) is 0 Å². The van der Waals surface area contributed by atoms with Crippen molar-refractivity contribution in [1.29, 1.82) is 0 Å². The van der Waals surface area contributed by atoms with E-state index in [1.807, 2.05) is 6.92 Å². The molecule has 1 aromatic rings. The molecule has 1 aromatic heterocycles. The minimum atomic E-state index is -0.595. The number of aryl methyl sites for hydroxylation is 1. The van der Waals surface area contributed by atoms with Crippen molar-refractivity contribution < 1.29 is 8.63 Å². The van der Waals surface area contributed by atoms with Crippen LogP contribution in [0.5, 0.6) is 0 Å². The number of rotatable bonds is 3. The lowest BCUT2D eigenvalue weighted by Crippen LogP contribution is -2.37. The molecule has 1 fully saturated rings. The van der Waals surface area contributed by atoms with Crippen molar-refractivity contribution in [1.82, 2.24) is 10.3 Å². The summed E-state index contributed by atoms with van der Waals surface area (Å²) in [5.41, 5.74) is 0. The molecule has 5 heteroatoms. The summed E-state index contributed by atoms with van der Waals surface area (Å²) in [6.07, 6.45) is 3.71. The van der Waals surface area contributed by atoms with E-state index in [-0.39, 0.29) is 6.04 Å². The van der Waals surface area contributed by atoms with Crippen molar-refractivity contribution in [2.24, 2.45) is 0 Å². The molecule has 0 aliphatic carbocycles. The summed E-state index contributed by atoms with van der Waals surface area (Å²) in [6, 6.07) is 0.574. The number of aromatic nitrogens is 1. The summed E-state index contributed by atoms with van der Waals surface area (Å²) < 4.78 is 16.7. The maximum Gasteiger partial charge on any atom is 0.211 e. The predicted octanol–water partition coefficient (Wildman–Crippen LogP) is 1.54. The highest BCUT2D eigenvalue weighted by molar-refractivity contribution is 7.85. The normalized spacial score (nSPS) is 27.9. The molecule has 2 rings (SSSR count). The molecular formula is C11H18N2O2S. The molecule has 1 N–H and O–H groups in total. The summed E-state index contributed by atoms with van der Waals surface area (Å²) in [5.74, 6) is 3.21. The largest absolute Gasteiger partial charge is 0.444 e. The van der Waals surface area contributed by atoms with E-state index in [4.69, 9.17) is 4.42 Å². The van der Waals surface area contributed by atoms with E-state index in [2.05, 4.69) is 17.2 Å². The maximum atomic E-state index is 11.2. The second kappa shape index (κ2) is 5.10. The molecule has 0 amide bonds. The zero-order valence-corrected chi connectivity index (χ0v) is 10.5. The fourth-order valence-corrected chi connectivity index (χ4v) is 3.26. The monoisotopic (exact) mass is 242 g/mol. The van der Waals surface area contributed by atoms with Gasteiger partial charge in [0.15, 0.2) is 0 Å². The highest BCUT2D eigenvalue weighted by Gasteiger charge is 2.21. The summed E-state index contributed by atoms with van der Waals surface area (Å²) >= 11 is 0. The Kier molecular flexibility index (Phi) is 3.76. The van der Waals surface area contributed by atoms with Gasteiger partial charge in [-0.2, -0.15) is 0 Å². The lowest BCUT2D eigenvalue weighted by molar-refractivity contribution is 0.357. The van der Waals surface area contributed by atoms with Crippen LogP contribution < -0.4 is 5.32 Å². The van der Waals surface area contributed by atoms with E-state index in [1.165, 1.54) is 0 Å². The van der Waals surface area contributed by atoms with Crippen molar-refractivity contribution in [3.63, 3.8) is 0 Å². The highest BCUT2D eigenvalue weighted by Crippen LogP contribution is 2.16. The van der Waals surface area contributed by atoms with Gasteiger partial charge in [-0.1, -0.05) is 0 Å². The Balaban J connectivity index is 1.87. The molecule has 0 spiro atoms. The first-order valence-corrected chi connectivity index (χ1v) is 7.17. The van der Waals surface area contributed by atoms with Gasteiger partial charge in [0.2, 0.25) is 5.89 Å². The Labute approximate surface area is 98.3 Å². The summed E-state index contributed by atoms with van der Waals surface area (Å²) in [6.45, 7) is 3.95. The highest BCUT2D eigenvalue weighted by atomic mass is 32.2. The quantitative estimate of drug-likeness (QED) is 0.873. The van der Waals surface area contributed by atoms with Crippen LogP contribution >= 0.6 is 0 Å². The van der Waals surface area contributed by atoms with Gasteiger partial charge in [-0.3, -0.25) is 4.21 Å². The molecule has 0 saturated carbocycles. The van der Waals surface area contributed by atoms with Crippen molar-refractivity contribution in [2.75, 3.05) is 11.5 Å². The molecule has 1 saturated heterocycles. The van der Waals surface area contributed by atoms with Crippen LogP contribution in [-0.2, 0) is 10.8 Å². The van der Waals surface area contributed by atoms with Gasteiger partial charge in [-0.15, -0.1) is 0 Å². The lowest BCUT2D eigenvalue weighted by atomic mass is 10.1. The molecule has 4 nitrogen and oxygen atoms in total. The average Bonchev–Trinajstić information content (AvgIpc) is 2.68. The van der Waals surface area contributed by atoms with Gasteiger partial charge >= 0.3 is 0 Å². The van der Waals surface area contributed by atoms with Gasteiger partial charge in [0, 0.05) is 28.3 Å². The molecule has 1 atom stereocenters. The first-order valence-electron chi connectivity index (χ1n) is 5.68. The molecule has 0 aromatic carbocycles. The second-order valence-corrected chi connectivity index (χ2v) is 6.02. The molecule has 2 heterocycles. The number of hydrogen-bond acceptors (Lipinski definition) is 4. The van der Waals surface area contributed by atoms with Crippen LogP contribution in [0.25, 0.3) is 0 Å². The Morgan fingerprint density at radius 3 is 2.81 bits per heavy atom. The topological polar surface area (TPSA) is 55.1 Å². The molecule has 0 bridgehead atoms. The van der Waals surface area contributed by atoms with Gasteiger partial charge in [0.05, 0.1) is 12.2 Å². The third kappa shape index (κ3) is 2.92. The fourth-order valence-electron chi connectivity index (χ4n) is 1.96. The van der Waals surface area contributed by atoms with Crippen molar-refractivity contribution >= 4 is 10.8 Å². The number of oxazole rings is 1. The molecule has 90 valence electrons. The summed E-state index contributed by atoms with van der Waals surface area (Å²) in [4.78, 5) is 4.21. The van der Waals surface area contributed by atoms with Crippen LogP contribution in [0.3, 0.4) is 0 Å². The van der Waals surface area contributed by atoms with Crippen LogP contribution in [0, 0.1) is 6.92 Å². The Bertz CT molecular complexity index is 368. The molecular weight excluding hydrogens is 224 g/mol. The smallest absolute Gasteiger partial charge is 0.211 e. The molecule has 1 unspecified atom stereocenters. The van der Waals surface area contributed by atoms with Crippen molar-refractivity contribution in [3.8, 4) is 0 Å². The number of nitrogens with one attached hydrogen (secondary N) is 1. The van der Waals surface area contributed by atoms with Crippen LogP contribution in [0.2, 0.25) is 0 Å². The van der Waals surface area contributed by atoms with E-state index in [1.54, 1.807) is 6.20 Å². The first kappa shape index (κ1) is 11.8. The standard InChI is InChI=1S/C11H18N2O2S/c1-8-7-12-11(15-8)9(2)13-10-3-5-16(14)6-4-10/h7,9-10,13H,3-6H2,1-2H3. The molecule has 1 aliphatic heterocycles. The zero-order valence-electron chi connectivity index (χ0n) is 9.73. The molecule has 16 heavy (non-hydrogen) atoms. The van der Waals surface area contributed by atoms with Gasteiger partial charge in [-0.05, 0) is 26.7 Å². The van der Waals surface area contributed by atoms with Crippen LogP contribution in [0.1, 0.15) is 37.5 Å². The van der Waals surface area contributed by atoms with E-state index in [9.17, 15) is 4.21 Å². The van der Waals surface area contributed by atoms with E-state index in [0.29, 0.717) is 6.04 Å². The molecule has 1 aliphatic rings. The van der Waals surface area contributed by atoms with Crippen LogP contribution in [0.15, 0.2) is 10.6 Å². The van der Waals surface area contributed by atoms with Gasteiger partial charge in [-0.25, -0.2) is 4.98 Å². The third-order valence-electron chi connectivity index (χ3n) is 2.88.